The number of nitrogens with one attached hydrogen (secondary N) is 1. The van der Waals surface area contributed by atoms with Gasteiger partial charge in [0.15, 0.2) is 0 Å². The van der Waals surface area contributed by atoms with E-state index in [9.17, 15) is 24.0 Å². The number of carbonyl (C=O) groups is 5. The van der Waals surface area contributed by atoms with Crippen LogP contribution in [0.3, 0.4) is 0 Å². The standard InChI is InChI=1S/C16H21N3O9S/c1-7(20)27-5-8-6-29-14-11(12(22)19(14)13(8)28-16(25)26)18-10(21)4-2-3-9(17)15(23)24/h9,11,14H,2-6,17H2,1H3,(H,18,21)(H,23,24)(H,25,26)/t9?,11-,14+/m1/s1. The Morgan fingerprint density at radius 1 is 1.34 bits per heavy atom. The summed E-state index contributed by atoms with van der Waals surface area (Å²) in [6, 6.07) is -1.93. The van der Waals surface area contributed by atoms with Gasteiger partial charge in [0.1, 0.15) is 24.1 Å². The number of carboxylic acids is 1. The van der Waals surface area contributed by atoms with Crippen LogP contribution >= 0.6 is 11.8 Å². The summed E-state index contributed by atoms with van der Waals surface area (Å²) in [7, 11) is 0. The summed E-state index contributed by atoms with van der Waals surface area (Å²) >= 11 is 1.26. The second-order valence-corrected chi connectivity index (χ2v) is 7.45. The van der Waals surface area contributed by atoms with E-state index < -0.39 is 47.4 Å². The molecule has 0 aromatic carbocycles. The summed E-state index contributed by atoms with van der Waals surface area (Å²) in [5.41, 5.74) is 5.69. The molecule has 5 N–H and O–H groups in total. The summed E-state index contributed by atoms with van der Waals surface area (Å²) in [5, 5.41) is 19.6. The van der Waals surface area contributed by atoms with Crippen LogP contribution in [0, 0.1) is 0 Å². The lowest BCUT2D eigenvalue weighted by atomic mass is 10.1. The highest BCUT2D eigenvalue weighted by molar-refractivity contribution is 8.00. The van der Waals surface area contributed by atoms with Gasteiger partial charge in [-0.3, -0.25) is 24.1 Å². The fraction of sp³-hybridized carbons (Fsp3) is 0.562. The Hall–Kier alpha value is -2.80. The Kier molecular flexibility index (Phi) is 7.45. The predicted octanol–water partition coefficient (Wildman–Crippen LogP) is -0.562. The van der Waals surface area contributed by atoms with Crippen LogP contribution < -0.4 is 11.1 Å². The number of hydrogen-bond acceptors (Lipinski definition) is 9. The number of thioether (sulfide) groups is 1. The molecular weight excluding hydrogens is 410 g/mol. The molecule has 2 amide bonds. The van der Waals surface area contributed by atoms with E-state index in [-0.39, 0.29) is 37.5 Å². The average molecular weight is 431 g/mol. The minimum Gasteiger partial charge on any atom is -0.480 e. The van der Waals surface area contributed by atoms with Crippen molar-refractivity contribution in [2.24, 2.45) is 5.73 Å². The Morgan fingerprint density at radius 2 is 2.03 bits per heavy atom. The number of aliphatic carboxylic acids is 1. The molecular formula is C16H21N3O9S. The summed E-state index contributed by atoms with van der Waals surface area (Å²) in [5.74, 6) is -2.71. The molecule has 0 bridgehead atoms. The first kappa shape index (κ1) is 22.5. The van der Waals surface area contributed by atoms with E-state index >= 15 is 0 Å². The van der Waals surface area contributed by atoms with Gasteiger partial charge in [-0.1, -0.05) is 0 Å². The normalized spacial score (nSPS) is 21.6. The third-order valence-electron chi connectivity index (χ3n) is 4.18. The van der Waals surface area contributed by atoms with Crippen LogP contribution in [-0.2, 0) is 28.7 Å². The molecule has 3 atom stereocenters. The highest BCUT2D eigenvalue weighted by Crippen LogP contribution is 2.40. The fourth-order valence-electron chi connectivity index (χ4n) is 2.75. The summed E-state index contributed by atoms with van der Waals surface area (Å²) in [6.45, 7) is 0.975. The number of ether oxygens (including phenoxy) is 2. The first-order valence-electron chi connectivity index (χ1n) is 8.60. The van der Waals surface area contributed by atoms with Crippen molar-refractivity contribution in [2.45, 2.75) is 43.6 Å². The topological polar surface area (TPSA) is 186 Å². The highest BCUT2D eigenvalue weighted by atomic mass is 32.2. The SMILES string of the molecule is CC(=O)OCC1=C(OC(=O)O)N2C(=O)[C@@H](NC(=O)CCCC(N)C(=O)O)[C@@H]2SC1. The van der Waals surface area contributed by atoms with Crippen molar-refractivity contribution in [1.29, 1.82) is 0 Å². The number of nitrogens with two attached hydrogens (primary N) is 1. The Morgan fingerprint density at radius 3 is 2.62 bits per heavy atom. The molecule has 160 valence electrons. The van der Waals surface area contributed by atoms with Crippen molar-refractivity contribution >= 4 is 41.7 Å². The van der Waals surface area contributed by atoms with Crippen LogP contribution in [0.25, 0.3) is 0 Å². The lowest BCUT2D eigenvalue weighted by Crippen LogP contribution is -2.70. The van der Waals surface area contributed by atoms with E-state index in [1.165, 1.54) is 18.7 Å². The van der Waals surface area contributed by atoms with E-state index in [0.717, 1.165) is 4.90 Å². The zero-order valence-corrected chi connectivity index (χ0v) is 16.3. The maximum Gasteiger partial charge on any atom is 0.512 e. The molecule has 0 aromatic rings. The molecule has 0 aliphatic carbocycles. The second-order valence-electron chi connectivity index (χ2n) is 6.35. The molecule has 29 heavy (non-hydrogen) atoms. The predicted molar refractivity (Wildman–Crippen MR) is 97.3 cm³/mol. The molecule has 0 aromatic heterocycles. The minimum absolute atomic E-state index is 0.00578. The molecule has 1 unspecified atom stereocenters. The highest BCUT2D eigenvalue weighted by Gasteiger charge is 2.54. The second kappa shape index (κ2) is 9.60. The fourth-order valence-corrected chi connectivity index (χ4v) is 4.05. The van der Waals surface area contributed by atoms with Crippen molar-refractivity contribution < 1.29 is 43.7 Å². The van der Waals surface area contributed by atoms with Crippen molar-refractivity contribution in [3.63, 3.8) is 0 Å². The van der Waals surface area contributed by atoms with Gasteiger partial charge in [-0.05, 0) is 12.8 Å². The van der Waals surface area contributed by atoms with E-state index in [1.807, 2.05) is 0 Å². The quantitative estimate of drug-likeness (QED) is 0.271. The van der Waals surface area contributed by atoms with Gasteiger partial charge in [-0.15, -0.1) is 11.8 Å². The minimum atomic E-state index is -1.62. The lowest BCUT2D eigenvalue weighted by molar-refractivity contribution is -0.149. The molecule has 2 rings (SSSR count). The van der Waals surface area contributed by atoms with E-state index in [1.54, 1.807) is 0 Å². The molecule has 12 nitrogen and oxygen atoms in total. The number of fused-ring (bicyclic) bond motifs is 1. The zero-order chi connectivity index (χ0) is 21.7. The first-order valence-corrected chi connectivity index (χ1v) is 9.65. The number of carbonyl (C=O) groups excluding carboxylic acids is 3. The number of nitrogens with zero attached hydrogens (tertiary/aromatic N) is 1. The van der Waals surface area contributed by atoms with E-state index in [0.29, 0.717) is 5.57 Å². The third kappa shape index (κ3) is 5.60. The Balaban J connectivity index is 1.97. The number of amides is 2. The zero-order valence-electron chi connectivity index (χ0n) is 15.5. The summed E-state index contributed by atoms with van der Waals surface area (Å²) in [4.78, 5) is 58.3. The number of hydrogen-bond donors (Lipinski definition) is 4. The van der Waals surface area contributed by atoms with E-state index in [2.05, 4.69) is 5.32 Å². The van der Waals surface area contributed by atoms with Gasteiger partial charge in [-0.25, -0.2) is 4.79 Å². The van der Waals surface area contributed by atoms with Gasteiger partial charge in [0, 0.05) is 24.7 Å². The van der Waals surface area contributed by atoms with Crippen LogP contribution in [0.1, 0.15) is 26.2 Å². The third-order valence-corrected chi connectivity index (χ3v) is 5.52. The van der Waals surface area contributed by atoms with Gasteiger partial charge >= 0.3 is 18.1 Å². The molecule has 1 fully saturated rings. The van der Waals surface area contributed by atoms with Crippen molar-refractivity contribution in [3.8, 4) is 0 Å². The van der Waals surface area contributed by atoms with Crippen LogP contribution in [0.15, 0.2) is 11.5 Å². The molecule has 0 radical (unpaired) electrons. The monoisotopic (exact) mass is 431 g/mol. The summed E-state index contributed by atoms with van der Waals surface area (Å²) < 4.78 is 9.59. The molecule has 2 aliphatic heterocycles. The summed E-state index contributed by atoms with van der Waals surface area (Å²) in [6.07, 6.45) is -1.28. The van der Waals surface area contributed by atoms with E-state index in [4.69, 9.17) is 25.4 Å². The maximum absolute atomic E-state index is 12.5. The molecule has 13 heteroatoms. The number of esters is 1. The van der Waals surface area contributed by atoms with Crippen LogP contribution in [0.4, 0.5) is 4.79 Å². The Labute approximate surface area is 169 Å². The van der Waals surface area contributed by atoms with Crippen molar-refractivity contribution in [3.05, 3.63) is 11.5 Å². The maximum atomic E-state index is 12.5. The molecule has 2 aliphatic rings. The molecule has 0 spiro atoms. The molecule has 2 heterocycles. The van der Waals surface area contributed by atoms with Crippen LogP contribution in [0.5, 0.6) is 0 Å². The number of rotatable bonds is 9. The van der Waals surface area contributed by atoms with Gasteiger partial charge in [0.2, 0.25) is 11.8 Å². The van der Waals surface area contributed by atoms with Gasteiger partial charge in [-0.2, -0.15) is 0 Å². The van der Waals surface area contributed by atoms with Crippen LogP contribution in [-0.4, -0.2) is 74.8 Å². The lowest BCUT2D eigenvalue weighted by Gasteiger charge is -2.49. The number of carboxylic acid groups (broad SMARTS) is 2. The Bertz CT molecular complexity index is 754. The van der Waals surface area contributed by atoms with Crippen LogP contribution in [0.2, 0.25) is 0 Å². The first-order chi connectivity index (χ1) is 13.6. The van der Waals surface area contributed by atoms with Gasteiger partial charge in [0.05, 0.1) is 0 Å². The smallest absolute Gasteiger partial charge is 0.480 e. The molecule has 0 saturated carbocycles. The van der Waals surface area contributed by atoms with Crippen molar-refractivity contribution in [1.82, 2.24) is 10.2 Å². The van der Waals surface area contributed by atoms with Gasteiger partial charge < -0.3 is 30.7 Å². The average Bonchev–Trinajstić information content (AvgIpc) is 2.63. The van der Waals surface area contributed by atoms with Crippen molar-refractivity contribution in [2.75, 3.05) is 12.4 Å². The van der Waals surface area contributed by atoms with Gasteiger partial charge in [0.25, 0.3) is 5.91 Å². The number of β-lactam (4-membered cyclic amide) rings is 1. The largest absolute Gasteiger partial charge is 0.512 e. The molecule has 1 saturated heterocycles.